The number of aryl methyl sites for hydroxylation is 2. The highest BCUT2D eigenvalue weighted by Crippen LogP contribution is 2.36. The van der Waals surface area contributed by atoms with E-state index >= 15 is 0 Å². The maximum atomic E-state index is 14.8. The van der Waals surface area contributed by atoms with Crippen LogP contribution in [0, 0.1) is 18.6 Å². The lowest BCUT2D eigenvalue weighted by atomic mass is 9.90. The first kappa shape index (κ1) is 32.4. The number of carbonyl (C=O) groups excluding carboxylic acids is 1. The van der Waals surface area contributed by atoms with Gasteiger partial charge in [-0.1, -0.05) is 31.8 Å². The van der Waals surface area contributed by atoms with Crippen LogP contribution in [0.4, 0.5) is 14.6 Å². The molecular formula is C35H39F2N7O2Si. The molecule has 0 saturated heterocycles. The highest BCUT2D eigenvalue weighted by atomic mass is 28.3. The number of pyridine rings is 4. The van der Waals surface area contributed by atoms with Crippen molar-refractivity contribution in [1.82, 2.24) is 29.4 Å². The van der Waals surface area contributed by atoms with E-state index in [1.165, 1.54) is 6.20 Å². The van der Waals surface area contributed by atoms with Crippen LogP contribution in [0.2, 0.25) is 25.7 Å². The Kier molecular flexibility index (Phi) is 9.15. The van der Waals surface area contributed by atoms with Gasteiger partial charge >= 0.3 is 0 Å². The number of fused-ring (bicyclic) bond motifs is 2. The summed E-state index contributed by atoms with van der Waals surface area (Å²) >= 11 is 0. The van der Waals surface area contributed by atoms with E-state index in [4.69, 9.17) is 15.5 Å². The normalized spacial score (nSPS) is 14.7. The van der Waals surface area contributed by atoms with Crippen molar-refractivity contribution >= 4 is 30.8 Å². The van der Waals surface area contributed by atoms with E-state index in [1.54, 1.807) is 29.3 Å². The van der Waals surface area contributed by atoms with Crippen LogP contribution in [0.3, 0.4) is 0 Å². The molecule has 1 aliphatic carbocycles. The molecule has 0 bridgehead atoms. The first-order valence-corrected chi connectivity index (χ1v) is 19.5. The summed E-state index contributed by atoms with van der Waals surface area (Å²) in [4.78, 5) is 34.1. The van der Waals surface area contributed by atoms with Crippen molar-refractivity contribution in [2.75, 3.05) is 12.3 Å². The Morgan fingerprint density at radius 2 is 1.89 bits per heavy atom. The van der Waals surface area contributed by atoms with Crippen molar-refractivity contribution in [3.63, 3.8) is 0 Å². The van der Waals surface area contributed by atoms with Crippen LogP contribution in [0.5, 0.6) is 0 Å². The van der Waals surface area contributed by atoms with Gasteiger partial charge in [0.2, 0.25) is 0 Å². The maximum Gasteiger partial charge on any atom is 0.271 e. The summed E-state index contributed by atoms with van der Waals surface area (Å²) in [6.07, 6.45) is 7.61. The lowest BCUT2D eigenvalue weighted by molar-refractivity contribution is 0.0575. The Bertz CT molecular complexity index is 1900. The maximum absolute atomic E-state index is 14.8. The van der Waals surface area contributed by atoms with E-state index in [0.29, 0.717) is 29.3 Å². The van der Waals surface area contributed by atoms with Gasteiger partial charge in [0.15, 0.2) is 11.6 Å². The van der Waals surface area contributed by atoms with Crippen molar-refractivity contribution in [3.8, 4) is 11.1 Å². The van der Waals surface area contributed by atoms with E-state index in [-0.39, 0.29) is 36.4 Å². The molecule has 1 amide bonds. The van der Waals surface area contributed by atoms with Crippen molar-refractivity contribution in [3.05, 3.63) is 101 Å². The second kappa shape index (κ2) is 13.3. The van der Waals surface area contributed by atoms with Crippen LogP contribution in [0.15, 0.2) is 61.2 Å². The minimum absolute atomic E-state index is 0.147. The molecule has 0 saturated carbocycles. The van der Waals surface area contributed by atoms with Crippen LogP contribution in [-0.2, 0) is 24.4 Å². The molecule has 0 unspecified atom stereocenters. The number of carbonyl (C=O) groups is 1. The van der Waals surface area contributed by atoms with Crippen LogP contribution in [-0.4, -0.2) is 50.0 Å². The third-order valence-corrected chi connectivity index (χ3v) is 10.4. The molecule has 9 nitrogen and oxygen atoms in total. The molecule has 1 aliphatic rings. The van der Waals surface area contributed by atoms with Crippen LogP contribution in [0.1, 0.15) is 51.9 Å². The second-order valence-corrected chi connectivity index (χ2v) is 18.9. The molecule has 0 spiro atoms. The quantitative estimate of drug-likeness (QED) is 0.126. The van der Waals surface area contributed by atoms with Gasteiger partial charge in [-0.3, -0.25) is 19.7 Å². The predicted octanol–water partition coefficient (Wildman–Crippen LogP) is 7.09. The van der Waals surface area contributed by atoms with Gasteiger partial charge in [0.05, 0.1) is 53.0 Å². The minimum atomic E-state index is -1.33. The second-order valence-electron chi connectivity index (χ2n) is 13.3. The number of nitrogens with two attached hydrogens (primary N) is 1. The summed E-state index contributed by atoms with van der Waals surface area (Å²) in [5.74, 6) is -1.37. The number of nitrogens with zero attached hydrogens (tertiary/aromatic N) is 6. The van der Waals surface area contributed by atoms with Crippen LogP contribution >= 0.6 is 0 Å². The van der Waals surface area contributed by atoms with Gasteiger partial charge < -0.3 is 19.9 Å². The lowest BCUT2D eigenvalue weighted by Gasteiger charge is -2.35. The van der Waals surface area contributed by atoms with Crippen molar-refractivity contribution < 1.29 is 18.3 Å². The van der Waals surface area contributed by atoms with Crippen LogP contribution < -0.4 is 5.73 Å². The first-order chi connectivity index (χ1) is 22.5. The Morgan fingerprint density at radius 1 is 1.11 bits per heavy atom. The van der Waals surface area contributed by atoms with E-state index < -0.39 is 19.7 Å². The zero-order valence-corrected chi connectivity index (χ0v) is 28.1. The molecule has 1 atom stereocenters. The highest BCUT2D eigenvalue weighted by Gasteiger charge is 2.33. The number of halogens is 2. The summed E-state index contributed by atoms with van der Waals surface area (Å²) in [6, 6.07) is 11.7. The molecule has 47 heavy (non-hydrogen) atoms. The summed E-state index contributed by atoms with van der Waals surface area (Å²) in [5.41, 5.74) is 11.4. The molecule has 0 radical (unpaired) electrons. The van der Waals surface area contributed by atoms with Gasteiger partial charge in [0, 0.05) is 32.6 Å². The molecule has 2 N–H and O–H groups in total. The number of amides is 1. The van der Waals surface area contributed by atoms with Gasteiger partial charge in [0.25, 0.3) is 5.91 Å². The minimum Gasteiger partial charge on any atom is -0.383 e. The van der Waals surface area contributed by atoms with Gasteiger partial charge in [-0.15, -0.1) is 0 Å². The number of ether oxygens (including phenoxy) is 1. The van der Waals surface area contributed by atoms with Crippen molar-refractivity contribution in [1.29, 1.82) is 0 Å². The lowest BCUT2D eigenvalue weighted by Crippen LogP contribution is -2.38. The number of rotatable bonds is 10. The molecular weight excluding hydrogens is 617 g/mol. The zero-order valence-electron chi connectivity index (χ0n) is 27.1. The number of hydrogen-bond acceptors (Lipinski definition) is 7. The monoisotopic (exact) mass is 655 g/mol. The van der Waals surface area contributed by atoms with E-state index in [2.05, 4.69) is 40.7 Å². The smallest absolute Gasteiger partial charge is 0.271 e. The molecule has 5 aromatic rings. The summed E-state index contributed by atoms with van der Waals surface area (Å²) in [6.45, 7) is 9.70. The zero-order chi connectivity index (χ0) is 33.3. The predicted molar refractivity (Wildman–Crippen MR) is 180 cm³/mol. The van der Waals surface area contributed by atoms with Crippen LogP contribution in [0.25, 0.3) is 22.2 Å². The fraction of sp³-hybridized carbons (Fsp3) is 0.343. The summed E-state index contributed by atoms with van der Waals surface area (Å²) in [7, 11) is -1.33. The fourth-order valence-electron chi connectivity index (χ4n) is 6.02. The third-order valence-electron chi connectivity index (χ3n) is 8.65. The summed E-state index contributed by atoms with van der Waals surface area (Å²) < 4.78 is 37.0. The molecule has 0 fully saturated rings. The molecule has 244 valence electrons. The highest BCUT2D eigenvalue weighted by molar-refractivity contribution is 6.76. The molecule has 5 aromatic heterocycles. The fourth-order valence-corrected chi connectivity index (χ4v) is 6.78. The Balaban J connectivity index is 1.40. The molecule has 0 aromatic carbocycles. The van der Waals surface area contributed by atoms with Gasteiger partial charge in [-0.05, 0) is 67.6 Å². The molecule has 0 aliphatic heterocycles. The molecule has 12 heteroatoms. The van der Waals surface area contributed by atoms with Crippen molar-refractivity contribution in [2.45, 2.75) is 71.2 Å². The average Bonchev–Trinajstić information content (AvgIpc) is 3.38. The Morgan fingerprint density at radius 3 is 2.62 bits per heavy atom. The average molecular weight is 656 g/mol. The topological polar surface area (TPSA) is 112 Å². The standard InChI is InChI=1S/C35H39F2N7O2Si/c1-22-15-30-28(42-34(22)38)16-31(44(30)21-46-13-14-47(2,3)4)35(45)43(29-9-5-7-23-8-6-12-40-33(23)29)20-25-11-10-24(17-41-25)32-26(36)18-39-19-27(32)37/h6,8,10-12,15-19,29H,5,7,9,13-14,20-21H2,1-4H3,(H2,38,42)/t29-/m1/s1. The summed E-state index contributed by atoms with van der Waals surface area (Å²) in [5, 5.41) is 0. The molecule has 5 heterocycles. The first-order valence-electron chi connectivity index (χ1n) is 15.8. The number of anilines is 1. The number of hydrogen-bond donors (Lipinski definition) is 1. The SMILES string of the molecule is Cc1cc2c(cc(C(=O)N(Cc3ccc(-c4c(F)cncc4F)cn3)[C@@H]3CCCc4cccnc43)n2COCC[Si](C)(C)C)nc1N. The Hall–Kier alpha value is -4.55. The van der Waals surface area contributed by atoms with Gasteiger partial charge in [-0.25, -0.2) is 13.8 Å². The largest absolute Gasteiger partial charge is 0.383 e. The van der Waals surface area contributed by atoms with E-state index in [9.17, 15) is 13.6 Å². The molecule has 6 rings (SSSR count). The Labute approximate surface area is 273 Å². The van der Waals surface area contributed by atoms with Gasteiger partial charge in [0.1, 0.15) is 18.2 Å². The number of aromatic nitrogens is 5. The third kappa shape index (κ3) is 6.93. The van der Waals surface area contributed by atoms with Crippen molar-refractivity contribution in [2.24, 2.45) is 0 Å². The van der Waals surface area contributed by atoms with E-state index in [0.717, 1.165) is 60.0 Å². The van der Waals surface area contributed by atoms with E-state index in [1.807, 2.05) is 23.6 Å². The number of nitrogen functional groups attached to an aromatic ring is 1. The van der Waals surface area contributed by atoms with Gasteiger partial charge in [-0.2, -0.15) is 0 Å².